The Hall–Kier alpha value is -1.26. The summed E-state index contributed by atoms with van der Waals surface area (Å²) in [4.78, 5) is 12.1. The minimum absolute atomic E-state index is 0. The maximum absolute atomic E-state index is 12.1. The number of nitrogens with one attached hydrogen (secondary N) is 1. The fraction of sp³-hybridized carbons (Fsp3) is 0.533. The van der Waals surface area contributed by atoms with Gasteiger partial charge in [0.15, 0.2) is 0 Å². The second-order valence-corrected chi connectivity index (χ2v) is 5.27. The predicted octanol–water partition coefficient (Wildman–Crippen LogP) is 2.42. The molecule has 4 nitrogen and oxygen atoms in total. The largest absolute Gasteiger partial charge is 0.497 e. The SMILES string of the molecule is COc1ccc(C(C)NC(=O)C2CCC(N)C2)cc1.Cl. The quantitative estimate of drug-likeness (QED) is 0.897. The van der Waals surface area contributed by atoms with E-state index in [1.165, 1.54) is 0 Å². The van der Waals surface area contributed by atoms with Crippen molar-refractivity contribution in [1.82, 2.24) is 5.32 Å². The van der Waals surface area contributed by atoms with Gasteiger partial charge in [-0.1, -0.05) is 12.1 Å². The van der Waals surface area contributed by atoms with E-state index in [0.29, 0.717) is 0 Å². The monoisotopic (exact) mass is 298 g/mol. The molecular formula is C15H23ClN2O2. The van der Waals surface area contributed by atoms with E-state index in [0.717, 1.165) is 30.6 Å². The average molecular weight is 299 g/mol. The maximum atomic E-state index is 12.1. The molecule has 112 valence electrons. The third-order valence-corrected chi connectivity index (χ3v) is 3.82. The lowest BCUT2D eigenvalue weighted by atomic mass is 10.0. The maximum Gasteiger partial charge on any atom is 0.223 e. The highest BCUT2D eigenvalue weighted by Crippen LogP contribution is 2.25. The summed E-state index contributed by atoms with van der Waals surface area (Å²) in [5.41, 5.74) is 6.92. The molecule has 20 heavy (non-hydrogen) atoms. The Labute approximate surface area is 126 Å². The molecule has 1 aliphatic carbocycles. The lowest BCUT2D eigenvalue weighted by molar-refractivity contribution is -0.125. The summed E-state index contributed by atoms with van der Waals surface area (Å²) in [6.45, 7) is 1.99. The summed E-state index contributed by atoms with van der Waals surface area (Å²) in [6, 6.07) is 7.96. The number of rotatable bonds is 4. The van der Waals surface area contributed by atoms with E-state index in [2.05, 4.69) is 5.32 Å². The molecule has 0 aliphatic heterocycles. The number of carbonyl (C=O) groups is 1. The van der Waals surface area contributed by atoms with Crippen LogP contribution in [0.15, 0.2) is 24.3 Å². The second-order valence-electron chi connectivity index (χ2n) is 5.27. The van der Waals surface area contributed by atoms with Gasteiger partial charge in [0.1, 0.15) is 5.75 Å². The van der Waals surface area contributed by atoms with E-state index >= 15 is 0 Å². The van der Waals surface area contributed by atoms with Crippen LogP contribution in [0.1, 0.15) is 37.8 Å². The summed E-state index contributed by atoms with van der Waals surface area (Å²) in [5.74, 6) is 1.02. The Morgan fingerprint density at radius 1 is 1.35 bits per heavy atom. The lowest BCUT2D eigenvalue weighted by Gasteiger charge is -2.17. The summed E-state index contributed by atoms with van der Waals surface area (Å²) in [7, 11) is 1.64. The summed E-state index contributed by atoms with van der Waals surface area (Å²) in [6.07, 6.45) is 2.67. The number of nitrogens with two attached hydrogens (primary N) is 1. The van der Waals surface area contributed by atoms with Gasteiger partial charge in [0, 0.05) is 12.0 Å². The Bertz CT molecular complexity index is 436. The summed E-state index contributed by atoms with van der Waals surface area (Å²) >= 11 is 0. The van der Waals surface area contributed by atoms with E-state index in [1.54, 1.807) is 7.11 Å². The van der Waals surface area contributed by atoms with E-state index in [-0.39, 0.29) is 36.3 Å². The Morgan fingerprint density at radius 3 is 2.50 bits per heavy atom. The van der Waals surface area contributed by atoms with Crippen molar-refractivity contribution in [2.75, 3.05) is 7.11 Å². The van der Waals surface area contributed by atoms with Crippen molar-refractivity contribution in [1.29, 1.82) is 0 Å². The summed E-state index contributed by atoms with van der Waals surface area (Å²) in [5, 5.41) is 3.06. The Morgan fingerprint density at radius 2 is 2.00 bits per heavy atom. The Kier molecular flexibility index (Phi) is 6.30. The van der Waals surface area contributed by atoms with Crippen LogP contribution in [-0.4, -0.2) is 19.1 Å². The summed E-state index contributed by atoms with van der Waals surface area (Å²) < 4.78 is 5.12. The van der Waals surface area contributed by atoms with Crippen molar-refractivity contribution < 1.29 is 9.53 Å². The van der Waals surface area contributed by atoms with Crippen LogP contribution in [0.5, 0.6) is 5.75 Å². The van der Waals surface area contributed by atoms with Gasteiger partial charge in [0.2, 0.25) is 5.91 Å². The zero-order valence-corrected chi connectivity index (χ0v) is 12.8. The number of halogens is 1. The van der Waals surface area contributed by atoms with Gasteiger partial charge in [-0.15, -0.1) is 12.4 Å². The zero-order chi connectivity index (χ0) is 13.8. The standard InChI is InChI=1S/C15H22N2O2.ClH/c1-10(11-4-7-14(19-2)8-5-11)17-15(18)12-3-6-13(16)9-12;/h4-5,7-8,10,12-13H,3,6,9,16H2,1-2H3,(H,17,18);1H. The Balaban J connectivity index is 0.00000200. The van der Waals surface area contributed by atoms with Crippen molar-refractivity contribution >= 4 is 18.3 Å². The number of methoxy groups -OCH3 is 1. The first kappa shape index (κ1) is 16.8. The van der Waals surface area contributed by atoms with Crippen LogP contribution in [0.2, 0.25) is 0 Å². The highest BCUT2D eigenvalue weighted by atomic mass is 35.5. The topological polar surface area (TPSA) is 64.3 Å². The van der Waals surface area contributed by atoms with Crippen LogP contribution in [0.25, 0.3) is 0 Å². The van der Waals surface area contributed by atoms with Crippen molar-refractivity contribution in [2.45, 2.75) is 38.3 Å². The average Bonchev–Trinajstić information content (AvgIpc) is 2.85. The van der Waals surface area contributed by atoms with Crippen molar-refractivity contribution in [2.24, 2.45) is 11.7 Å². The van der Waals surface area contributed by atoms with Crippen LogP contribution in [-0.2, 0) is 4.79 Å². The molecule has 0 aromatic heterocycles. The van der Waals surface area contributed by atoms with Gasteiger partial charge in [-0.2, -0.15) is 0 Å². The zero-order valence-electron chi connectivity index (χ0n) is 12.0. The molecule has 0 bridgehead atoms. The highest BCUT2D eigenvalue weighted by molar-refractivity contribution is 5.85. The van der Waals surface area contributed by atoms with Crippen molar-refractivity contribution in [3.63, 3.8) is 0 Å². The number of ether oxygens (including phenoxy) is 1. The van der Waals surface area contributed by atoms with Crippen LogP contribution in [0.3, 0.4) is 0 Å². The number of amides is 1. The van der Waals surface area contributed by atoms with E-state index in [1.807, 2.05) is 31.2 Å². The van der Waals surface area contributed by atoms with Gasteiger partial charge in [0.05, 0.1) is 13.2 Å². The first-order valence-electron chi connectivity index (χ1n) is 6.80. The van der Waals surface area contributed by atoms with Crippen molar-refractivity contribution in [3.8, 4) is 5.75 Å². The molecule has 3 atom stereocenters. The molecule has 1 aromatic rings. The van der Waals surface area contributed by atoms with Crippen LogP contribution in [0, 0.1) is 5.92 Å². The minimum Gasteiger partial charge on any atom is -0.497 e. The van der Waals surface area contributed by atoms with Gasteiger partial charge in [-0.3, -0.25) is 4.79 Å². The molecule has 0 heterocycles. The number of carbonyl (C=O) groups excluding carboxylic acids is 1. The number of benzene rings is 1. The van der Waals surface area contributed by atoms with Gasteiger partial charge in [-0.25, -0.2) is 0 Å². The fourth-order valence-corrected chi connectivity index (χ4v) is 2.56. The van der Waals surface area contributed by atoms with Gasteiger partial charge in [0.25, 0.3) is 0 Å². The van der Waals surface area contributed by atoms with Crippen LogP contribution >= 0.6 is 12.4 Å². The predicted molar refractivity (Wildman–Crippen MR) is 82.1 cm³/mol. The molecule has 5 heteroatoms. The van der Waals surface area contributed by atoms with E-state index in [9.17, 15) is 4.79 Å². The third-order valence-electron chi connectivity index (χ3n) is 3.82. The van der Waals surface area contributed by atoms with E-state index < -0.39 is 0 Å². The molecular weight excluding hydrogens is 276 g/mol. The molecule has 1 fully saturated rings. The number of hydrogen-bond acceptors (Lipinski definition) is 3. The van der Waals surface area contributed by atoms with Crippen LogP contribution < -0.4 is 15.8 Å². The molecule has 3 N–H and O–H groups in total. The van der Waals surface area contributed by atoms with Crippen LogP contribution in [0.4, 0.5) is 0 Å². The molecule has 1 saturated carbocycles. The molecule has 1 amide bonds. The van der Waals surface area contributed by atoms with Gasteiger partial charge in [-0.05, 0) is 43.9 Å². The van der Waals surface area contributed by atoms with Crippen molar-refractivity contribution in [3.05, 3.63) is 29.8 Å². The number of hydrogen-bond donors (Lipinski definition) is 2. The normalized spacial score (nSPS) is 22.8. The molecule has 0 spiro atoms. The fourth-order valence-electron chi connectivity index (χ4n) is 2.56. The second kappa shape index (κ2) is 7.50. The molecule has 0 radical (unpaired) electrons. The molecule has 1 aliphatic rings. The highest BCUT2D eigenvalue weighted by Gasteiger charge is 2.28. The first-order chi connectivity index (χ1) is 9.10. The third kappa shape index (κ3) is 4.12. The van der Waals surface area contributed by atoms with Gasteiger partial charge < -0.3 is 15.8 Å². The van der Waals surface area contributed by atoms with Gasteiger partial charge >= 0.3 is 0 Å². The molecule has 0 saturated heterocycles. The molecule has 3 unspecified atom stereocenters. The molecule has 2 rings (SSSR count). The lowest BCUT2D eigenvalue weighted by Crippen LogP contribution is -2.32. The smallest absolute Gasteiger partial charge is 0.223 e. The first-order valence-corrected chi connectivity index (χ1v) is 6.80. The minimum atomic E-state index is 0. The molecule has 1 aromatic carbocycles. The van der Waals surface area contributed by atoms with E-state index in [4.69, 9.17) is 10.5 Å².